The Hall–Kier alpha value is -2.00. The smallest absolute Gasteiger partial charge is 0.335 e. The second kappa shape index (κ2) is 5.56. The largest absolute Gasteiger partial charge is 0.489 e. The van der Waals surface area contributed by atoms with Gasteiger partial charge in [0, 0.05) is 5.02 Å². The van der Waals surface area contributed by atoms with Crippen LogP contribution in [0, 0.1) is 0 Å². The number of rotatable bonds is 4. The maximum Gasteiger partial charge on any atom is 0.335 e. The molecule has 0 spiro atoms. The van der Waals surface area contributed by atoms with Gasteiger partial charge in [-0.05, 0) is 42.0 Å². The summed E-state index contributed by atoms with van der Waals surface area (Å²) in [5.41, 5.74) is 1.18. The molecule has 0 unspecified atom stereocenters. The minimum Gasteiger partial charge on any atom is -0.489 e. The number of ether oxygens (including phenoxy) is 1. The molecule has 2 aromatic rings. The molecule has 0 aliphatic heterocycles. The lowest BCUT2D eigenvalue weighted by atomic mass is 10.1. The zero-order chi connectivity index (χ0) is 13.0. The molecule has 18 heavy (non-hydrogen) atoms. The summed E-state index contributed by atoms with van der Waals surface area (Å²) in [6.07, 6.45) is 0. The van der Waals surface area contributed by atoms with Crippen LogP contribution in [-0.4, -0.2) is 11.1 Å². The van der Waals surface area contributed by atoms with Crippen LogP contribution in [0.25, 0.3) is 0 Å². The monoisotopic (exact) mass is 262 g/mol. The highest BCUT2D eigenvalue weighted by Gasteiger charge is 2.02. The Balaban J connectivity index is 1.97. The fraction of sp³-hybridized carbons (Fsp3) is 0.0714. The minimum absolute atomic E-state index is 0.269. The van der Waals surface area contributed by atoms with Gasteiger partial charge >= 0.3 is 5.97 Å². The SMILES string of the molecule is O=C(O)c1ccc(COc2ccc(Cl)cc2)cc1. The predicted molar refractivity (Wildman–Crippen MR) is 69.2 cm³/mol. The van der Waals surface area contributed by atoms with Gasteiger partial charge in [-0.1, -0.05) is 23.7 Å². The molecular formula is C14H11ClO3. The summed E-state index contributed by atoms with van der Waals surface area (Å²) in [5, 5.41) is 9.43. The maximum absolute atomic E-state index is 10.7. The van der Waals surface area contributed by atoms with Crippen LogP contribution in [0.5, 0.6) is 5.75 Å². The van der Waals surface area contributed by atoms with E-state index in [0.717, 1.165) is 11.3 Å². The van der Waals surface area contributed by atoms with E-state index in [1.807, 2.05) is 0 Å². The van der Waals surface area contributed by atoms with E-state index in [9.17, 15) is 4.79 Å². The summed E-state index contributed by atoms with van der Waals surface area (Å²) in [5.74, 6) is -0.207. The summed E-state index contributed by atoms with van der Waals surface area (Å²) >= 11 is 5.76. The van der Waals surface area contributed by atoms with E-state index in [1.54, 1.807) is 48.5 Å². The van der Waals surface area contributed by atoms with Crippen LogP contribution in [0.1, 0.15) is 15.9 Å². The molecule has 4 heteroatoms. The van der Waals surface area contributed by atoms with Crippen molar-refractivity contribution in [3.05, 3.63) is 64.7 Å². The maximum atomic E-state index is 10.7. The Bertz CT molecular complexity index is 532. The highest BCUT2D eigenvalue weighted by molar-refractivity contribution is 6.30. The first-order valence-electron chi connectivity index (χ1n) is 5.36. The van der Waals surface area contributed by atoms with E-state index in [-0.39, 0.29) is 5.56 Å². The molecule has 0 saturated carbocycles. The second-order valence-electron chi connectivity index (χ2n) is 3.74. The van der Waals surface area contributed by atoms with Gasteiger partial charge in [-0.2, -0.15) is 0 Å². The molecule has 0 aliphatic rings. The van der Waals surface area contributed by atoms with Crippen molar-refractivity contribution in [2.75, 3.05) is 0 Å². The van der Waals surface area contributed by atoms with Crippen molar-refractivity contribution in [2.24, 2.45) is 0 Å². The number of benzene rings is 2. The Morgan fingerprint density at radius 1 is 1.06 bits per heavy atom. The van der Waals surface area contributed by atoms with E-state index in [2.05, 4.69) is 0 Å². The normalized spacial score (nSPS) is 10.1. The van der Waals surface area contributed by atoms with Gasteiger partial charge in [0.05, 0.1) is 5.56 Å². The van der Waals surface area contributed by atoms with E-state index in [4.69, 9.17) is 21.4 Å². The first kappa shape index (κ1) is 12.5. The van der Waals surface area contributed by atoms with Gasteiger partial charge in [0.15, 0.2) is 0 Å². The number of aromatic carboxylic acids is 1. The van der Waals surface area contributed by atoms with Gasteiger partial charge in [0.1, 0.15) is 12.4 Å². The summed E-state index contributed by atoms with van der Waals surface area (Å²) in [4.78, 5) is 10.7. The van der Waals surface area contributed by atoms with Gasteiger partial charge in [0.2, 0.25) is 0 Å². The van der Waals surface area contributed by atoms with Crippen LogP contribution in [0.4, 0.5) is 0 Å². The number of carbonyl (C=O) groups is 1. The van der Waals surface area contributed by atoms with Crippen LogP contribution in [0.2, 0.25) is 5.02 Å². The average molecular weight is 263 g/mol. The van der Waals surface area contributed by atoms with Gasteiger partial charge in [0.25, 0.3) is 0 Å². The van der Waals surface area contributed by atoms with Crippen LogP contribution in [0.3, 0.4) is 0 Å². The Kier molecular flexibility index (Phi) is 3.85. The third-order valence-corrected chi connectivity index (χ3v) is 2.67. The number of halogens is 1. The minimum atomic E-state index is -0.930. The molecule has 0 atom stereocenters. The van der Waals surface area contributed by atoms with Crippen LogP contribution in [0.15, 0.2) is 48.5 Å². The first-order chi connectivity index (χ1) is 8.65. The van der Waals surface area contributed by atoms with Crippen LogP contribution < -0.4 is 4.74 Å². The third-order valence-electron chi connectivity index (χ3n) is 2.42. The fourth-order valence-electron chi connectivity index (χ4n) is 1.44. The van der Waals surface area contributed by atoms with E-state index < -0.39 is 5.97 Å². The van der Waals surface area contributed by atoms with Crippen molar-refractivity contribution >= 4 is 17.6 Å². The Labute approximate surface area is 110 Å². The molecule has 0 amide bonds. The van der Waals surface area contributed by atoms with Crippen molar-refractivity contribution in [2.45, 2.75) is 6.61 Å². The molecule has 0 saturated heterocycles. The number of hydrogen-bond acceptors (Lipinski definition) is 2. The molecule has 2 rings (SSSR count). The quantitative estimate of drug-likeness (QED) is 0.915. The van der Waals surface area contributed by atoms with Crippen LogP contribution >= 0.6 is 11.6 Å². The van der Waals surface area contributed by atoms with Crippen LogP contribution in [-0.2, 0) is 6.61 Å². The zero-order valence-corrected chi connectivity index (χ0v) is 10.2. The summed E-state index contributed by atoms with van der Waals surface area (Å²) in [6, 6.07) is 13.7. The standard InChI is InChI=1S/C14H11ClO3/c15-12-5-7-13(8-6-12)18-9-10-1-3-11(4-2-10)14(16)17/h1-8H,9H2,(H,16,17). The molecule has 0 radical (unpaired) electrons. The van der Waals surface area contributed by atoms with Crippen molar-refractivity contribution in [1.29, 1.82) is 0 Å². The molecule has 3 nitrogen and oxygen atoms in total. The molecule has 0 fully saturated rings. The zero-order valence-electron chi connectivity index (χ0n) is 9.47. The Morgan fingerprint density at radius 3 is 2.22 bits per heavy atom. The summed E-state index contributed by atoms with van der Waals surface area (Å²) in [6.45, 7) is 0.390. The topological polar surface area (TPSA) is 46.5 Å². The molecular weight excluding hydrogens is 252 g/mol. The lowest BCUT2D eigenvalue weighted by Crippen LogP contribution is -1.98. The first-order valence-corrected chi connectivity index (χ1v) is 5.73. The van der Waals surface area contributed by atoms with Gasteiger partial charge in [-0.25, -0.2) is 4.79 Å². The van der Waals surface area contributed by atoms with Gasteiger partial charge < -0.3 is 9.84 Å². The van der Waals surface area contributed by atoms with E-state index in [0.29, 0.717) is 11.6 Å². The number of carboxylic acids is 1. The molecule has 1 N–H and O–H groups in total. The fourth-order valence-corrected chi connectivity index (χ4v) is 1.57. The van der Waals surface area contributed by atoms with E-state index >= 15 is 0 Å². The van der Waals surface area contributed by atoms with Crippen molar-refractivity contribution in [3.8, 4) is 5.75 Å². The van der Waals surface area contributed by atoms with Crippen molar-refractivity contribution in [1.82, 2.24) is 0 Å². The summed E-state index contributed by atoms with van der Waals surface area (Å²) < 4.78 is 5.54. The Morgan fingerprint density at radius 2 is 1.67 bits per heavy atom. The lowest BCUT2D eigenvalue weighted by Gasteiger charge is -2.06. The molecule has 0 bridgehead atoms. The van der Waals surface area contributed by atoms with Crippen molar-refractivity contribution in [3.63, 3.8) is 0 Å². The molecule has 92 valence electrons. The molecule has 2 aromatic carbocycles. The molecule has 0 aliphatic carbocycles. The second-order valence-corrected chi connectivity index (χ2v) is 4.18. The number of carboxylic acid groups (broad SMARTS) is 1. The van der Waals surface area contributed by atoms with Crippen molar-refractivity contribution < 1.29 is 14.6 Å². The molecule has 0 heterocycles. The number of hydrogen-bond donors (Lipinski definition) is 1. The summed E-state index contributed by atoms with van der Waals surface area (Å²) in [7, 11) is 0. The third kappa shape index (κ3) is 3.25. The highest BCUT2D eigenvalue weighted by Crippen LogP contribution is 2.17. The lowest BCUT2D eigenvalue weighted by molar-refractivity contribution is 0.0697. The average Bonchev–Trinajstić information content (AvgIpc) is 2.38. The highest BCUT2D eigenvalue weighted by atomic mass is 35.5. The van der Waals surface area contributed by atoms with Gasteiger partial charge in [-0.3, -0.25) is 0 Å². The predicted octanol–water partition coefficient (Wildman–Crippen LogP) is 3.62. The molecule has 0 aromatic heterocycles. The van der Waals surface area contributed by atoms with E-state index in [1.165, 1.54) is 0 Å². The van der Waals surface area contributed by atoms with Gasteiger partial charge in [-0.15, -0.1) is 0 Å².